The Hall–Kier alpha value is -5.02. The van der Waals surface area contributed by atoms with Crippen molar-refractivity contribution in [3.05, 3.63) is 101 Å². The molecule has 1 atom stereocenters. The fourth-order valence-electron chi connectivity index (χ4n) is 5.84. The van der Waals surface area contributed by atoms with Gasteiger partial charge in [0.2, 0.25) is 10.0 Å². The van der Waals surface area contributed by atoms with Crippen molar-refractivity contribution in [1.29, 1.82) is 0 Å². The lowest BCUT2D eigenvalue weighted by atomic mass is 10.0. The van der Waals surface area contributed by atoms with Crippen LogP contribution in [0.5, 0.6) is 5.75 Å². The molecule has 3 aromatic carbocycles. The van der Waals surface area contributed by atoms with E-state index >= 15 is 4.39 Å². The van der Waals surface area contributed by atoms with E-state index in [4.69, 9.17) is 9.47 Å². The van der Waals surface area contributed by atoms with E-state index in [-0.39, 0.29) is 39.3 Å². The fraction of sp³-hybridized carbons (Fsp3) is 0.278. The number of carbonyl (C=O) groups is 1. The van der Waals surface area contributed by atoms with Gasteiger partial charge in [-0.05, 0) is 65.6 Å². The third kappa shape index (κ3) is 7.43. The Bertz CT molecular complexity index is 2160. The molecular formula is C36H37FN6O6S. The van der Waals surface area contributed by atoms with Crippen LogP contribution in [0.2, 0.25) is 0 Å². The Morgan fingerprint density at radius 3 is 2.56 bits per heavy atom. The molecule has 0 amide bonds. The minimum atomic E-state index is -4.31. The molecule has 0 radical (unpaired) electrons. The van der Waals surface area contributed by atoms with Gasteiger partial charge in [0.05, 0.1) is 47.7 Å². The van der Waals surface area contributed by atoms with Gasteiger partial charge in [0, 0.05) is 49.7 Å². The van der Waals surface area contributed by atoms with Crippen LogP contribution in [-0.4, -0.2) is 61.3 Å². The number of sulfonamides is 1. The lowest BCUT2D eigenvalue weighted by Gasteiger charge is -2.25. The minimum Gasteiger partial charge on any atom is -0.497 e. The van der Waals surface area contributed by atoms with Crippen molar-refractivity contribution in [2.24, 2.45) is 0 Å². The molecular weight excluding hydrogens is 663 g/mol. The van der Waals surface area contributed by atoms with E-state index in [9.17, 15) is 18.3 Å². The van der Waals surface area contributed by atoms with Crippen molar-refractivity contribution in [3.63, 3.8) is 0 Å². The summed E-state index contributed by atoms with van der Waals surface area (Å²) >= 11 is 0. The molecule has 1 aliphatic heterocycles. The summed E-state index contributed by atoms with van der Waals surface area (Å²) in [6.45, 7) is 5.38. The highest BCUT2D eigenvalue weighted by Gasteiger charge is 2.26. The van der Waals surface area contributed by atoms with E-state index in [1.807, 2.05) is 13.8 Å². The molecule has 6 rings (SSSR count). The van der Waals surface area contributed by atoms with E-state index in [1.165, 1.54) is 25.3 Å². The topological polar surface area (TPSA) is 165 Å². The first-order chi connectivity index (χ1) is 24.1. The van der Waals surface area contributed by atoms with Crippen LogP contribution < -0.4 is 20.1 Å². The summed E-state index contributed by atoms with van der Waals surface area (Å²) in [5.41, 5.74) is 3.34. The number of aromatic nitrogens is 3. The molecule has 1 aliphatic rings. The number of carboxylic acid groups (broad SMARTS) is 1. The van der Waals surface area contributed by atoms with Crippen LogP contribution >= 0.6 is 0 Å². The number of nitrogens with one attached hydrogen (secondary N) is 3. The van der Waals surface area contributed by atoms with Crippen molar-refractivity contribution in [1.82, 2.24) is 25.0 Å². The molecule has 12 nitrogen and oxygen atoms in total. The van der Waals surface area contributed by atoms with Gasteiger partial charge in [0.25, 0.3) is 0 Å². The predicted molar refractivity (Wildman–Crippen MR) is 187 cm³/mol. The zero-order valence-corrected chi connectivity index (χ0v) is 28.6. The molecule has 2 aromatic heterocycles. The van der Waals surface area contributed by atoms with Crippen LogP contribution in [0.25, 0.3) is 22.0 Å². The van der Waals surface area contributed by atoms with Crippen LogP contribution in [0.4, 0.5) is 15.8 Å². The normalized spacial score (nSPS) is 14.8. The summed E-state index contributed by atoms with van der Waals surface area (Å²) in [5.74, 6) is -0.638. The number of hydrogen-bond donors (Lipinski definition) is 4. The second-order valence-electron chi connectivity index (χ2n) is 11.7. The Kier molecular flexibility index (Phi) is 10.3. The fourth-order valence-corrected chi connectivity index (χ4v) is 6.96. The van der Waals surface area contributed by atoms with Crippen LogP contribution in [0.3, 0.4) is 0 Å². The van der Waals surface area contributed by atoms with E-state index in [0.717, 1.165) is 11.9 Å². The number of methoxy groups -OCH3 is 1. The average Bonchev–Trinajstić information content (AvgIpc) is 3.13. The summed E-state index contributed by atoms with van der Waals surface area (Å²) in [6.07, 6.45) is 3.61. The Morgan fingerprint density at radius 1 is 1.08 bits per heavy atom. The summed E-state index contributed by atoms with van der Waals surface area (Å²) in [6, 6.07) is 14.4. The molecule has 3 heterocycles. The molecule has 0 spiro atoms. The van der Waals surface area contributed by atoms with Crippen LogP contribution in [0.15, 0.2) is 71.9 Å². The van der Waals surface area contributed by atoms with Crippen LogP contribution in [-0.2, 0) is 34.1 Å². The van der Waals surface area contributed by atoms with Crippen molar-refractivity contribution in [2.75, 3.05) is 32.1 Å². The maximum absolute atomic E-state index is 16.5. The number of anilines is 2. The second-order valence-corrected chi connectivity index (χ2v) is 13.4. The minimum absolute atomic E-state index is 0.0510. The molecule has 0 bridgehead atoms. The quantitative estimate of drug-likeness (QED) is 0.129. The molecule has 1 unspecified atom stereocenters. The molecule has 0 saturated carbocycles. The zero-order chi connectivity index (χ0) is 35.4. The van der Waals surface area contributed by atoms with E-state index in [0.29, 0.717) is 66.4 Å². The summed E-state index contributed by atoms with van der Waals surface area (Å²) < 4.78 is 58.0. The summed E-state index contributed by atoms with van der Waals surface area (Å²) in [7, 11) is -2.78. The van der Waals surface area contributed by atoms with Gasteiger partial charge in [-0.3, -0.25) is 4.98 Å². The second kappa shape index (κ2) is 14.8. The number of fused-ring (bicyclic) bond motifs is 1. The van der Waals surface area contributed by atoms with Crippen LogP contribution in [0, 0.1) is 5.82 Å². The van der Waals surface area contributed by atoms with Crippen molar-refractivity contribution < 1.29 is 32.2 Å². The largest absolute Gasteiger partial charge is 0.497 e. The lowest BCUT2D eigenvalue weighted by Crippen LogP contribution is -2.33. The number of hydrogen-bond acceptors (Lipinski definition) is 10. The van der Waals surface area contributed by atoms with E-state index in [1.54, 1.807) is 42.6 Å². The Labute approximate surface area is 289 Å². The van der Waals surface area contributed by atoms with Gasteiger partial charge in [0.1, 0.15) is 22.3 Å². The molecule has 4 N–H and O–H groups in total. The highest BCUT2D eigenvalue weighted by atomic mass is 32.2. The SMILES string of the molecule is CCc1ncc(-c2cc(F)c3c(Nc4cc(C(=O)O)cc(C5CNCCO5)c4)c(S(=O)(=O)NCc4ccc(OC)cc4)cnc3c2)c(CC)n1. The number of pyridine rings is 1. The van der Waals surface area contributed by atoms with Gasteiger partial charge in [-0.25, -0.2) is 32.3 Å². The molecule has 260 valence electrons. The van der Waals surface area contributed by atoms with E-state index < -0.39 is 27.9 Å². The molecule has 0 aliphatic carbocycles. The number of morpholine rings is 1. The average molecular weight is 701 g/mol. The number of rotatable bonds is 12. The molecule has 5 aromatic rings. The molecule has 50 heavy (non-hydrogen) atoms. The maximum Gasteiger partial charge on any atom is 0.335 e. The smallest absolute Gasteiger partial charge is 0.335 e. The summed E-state index contributed by atoms with van der Waals surface area (Å²) in [4.78, 5) is 25.3. The number of nitrogens with zero attached hydrogens (tertiary/aromatic N) is 3. The van der Waals surface area contributed by atoms with E-state index in [2.05, 4.69) is 30.3 Å². The van der Waals surface area contributed by atoms with Gasteiger partial charge in [-0.1, -0.05) is 26.0 Å². The van der Waals surface area contributed by atoms with Crippen molar-refractivity contribution >= 4 is 38.3 Å². The number of aryl methyl sites for hydroxylation is 2. The highest BCUT2D eigenvalue weighted by molar-refractivity contribution is 7.89. The number of ether oxygens (including phenoxy) is 2. The lowest BCUT2D eigenvalue weighted by molar-refractivity contribution is 0.0276. The predicted octanol–water partition coefficient (Wildman–Crippen LogP) is 5.55. The third-order valence-electron chi connectivity index (χ3n) is 8.45. The first-order valence-electron chi connectivity index (χ1n) is 16.2. The standard InChI is InChI=1S/C36H37FN6O6S/c1-4-29-27(18-40-33(5-2)43-29)22-15-28(37)34-30(16-22)39-20-32(50(46,47)41-17-21-6-8-26(48-3)9-7-21)35(34)42-25-13-23(12-24(14-25)36(44)45)31-19-38-10-11-49-31/h6-9,12-16,18,20,31,38,41H,4-5,10-11,17,19H2,1-3H3,(H,39,42)(H,44,45). The van der Waals surface area contributed by atoms with Gasteiger partial charge >= 0.3 is 5.97 Å². The molecule has 1 saturated heterocycles. The molecule has 1 fully saturated rings. The van der Waals surface area contributed by atoms with Gasteiger partial charge in [0.15, 0.2) is 0 Å². The van der Waals surface area contributed by atoms with Crippen molar-refractivity contribution in [3.8, 4) is 16.9 Å². The van der Waals surface area contributed by atoms with Gasteiger partial charge in [-0.15, -0.1) is 0 Å². The third-order valence-corrected chi connectivity index (χ3v) is 9.87. The Morgan fingerprint density at radius 2 is 1.88 bits per heavy atom. The monoisotopic (exact) mass is 700 g/mol. The van der Waals surface area contributed by atoms with Gasteiger partial charge < -0.3 is 25.2 Å². The maximum atomic E-state index is 16.5. The molecule has 14 heteroatoms. The van der Waals surface area contributed by atoms with Gasteiger partial charge in [-0.2, -0.15) is 0 Å². The number of halogens is 1. The highest BCUT2D eigenvalue weighted by Crippen LogP contribution is 2.38. The summed E-state index contributed by atoms with van der Waals surface area (Å²) in [5, 5.41) is 16.1. The Balaban J connectivity index is 1.49. The number of aromatic carboxylic acids is 1. The zero-order valence-electron chi connectivity index (χ0n) is 27.8. The van der Waals surface area contributed by atoms with Crippen molar-refractivity contribution in [2.45, 2.75) is 44.2 Å². The van der Waals surface area contributed by atoms with Crippen LogP contribution in [0.1, 0.15) is 53.0 Å². The number of benzene rings is 3. The first kappa shape index (κ1) is 34.8. The first-order valence-corrected chi connectivity index (χ1v) is 17.7. The number of carboxylic acids is 1.